The van der Waals surface area contributed by atoms with Crippen LogP contribution in [0.5, 0.6) is 11.5 Å². The number of hydrogen-bond donors (Lipinski definition) is 0. The molecule has 1 aliphatic rings. The molecule has 0 atom stereocenters. The third kappa shape index (κ3) is 8.45. The van der Waals surface area contributed by atoms with Gasteiger partial charge < -0.3 is 9.47 Å². The molecule has 4 heteroatoms. The highest BCUT2D eigenvalue weighted by atomic mass is 19.1. The second kappa shape index (κ2) is 14.1. The summed E-state index contributed by atoms with van der Waals surface area (Å²) >= 11 is 0. The van der Waals surface area contributed by atoms with Crippen LogP contribution in [0.15, 0.2) is 42.5 Å². The fraction of sp³-hybridized carbons (Fsp3) is 0.567. The maximum absolute atomic E-state index is 14.2. The minimum Gasteiger partial charge on any atom is -0.494 e. The van der Waals surface area contributed by atoms with Crippen LogP contribution in [0.1, 0.15) is 100 Å². The summed E-state index contributed by atoms with van der Waals surface area (Å²) in [4.78, 5) is 12.4. The smallest absolute Gasteiger partial charge is 0.343 e. The molecule has 1 saturated carbocycles. The van der Waals surface area contributed by atoms with Crippen LogP contribution in [0, 0.1) is 17.7 Å². The van der Waals surface area contributed by atoms with Crippen LogP contribution in [0.2, 0.25) is 0 Å². The molecule has 0 aromatic heterocycles. The van der Waals surface area contributed by atoms with Crippen LogP contribution in [0.3, 0.4) is 0 Å². The Morgan fingerprint density at radius 3 is 2.18 bits per heavy atom. The van der Waals surface area contributed by atoms with Gasteiger partial charge >= 0.3 is 5.97 Å². The zero-order valence-electron chi connectivity index (χ0n) is 21.0. The van der Waals surface area contributed by atoms with Crippen LogP contribution in [0.4, 0.5) is 4.39 Å². The molecule has 0 bridgehead atoms. The Kier molecular flexibility index (Phi) is 10.9. The van der Waals surface area contributed by atoms with Gasteiger partial charge in [-0.25, -0.2) is 9.18 Å². The number of esters is 1. The van der Waals surface area contributed by atoms with Gasteiger partial charge in [-0.3, -0.25) is 0 Å². The van der Waals surface area contributed by atoms with E-state index in [-0.39, 0.29) is 5.75 Å². The van der Waals surface area contributed by atoms with Gasteiger partial charge in [0.15, 0.2) is 11.6 Å². The largest absolute Gasteiger partial charge is 0.494 e. The van der Waals surface area contributed by atoms with E-state index in [9.17, 15) is 9.18 Å². The van der Waals surface area contributed by atoms with E-state index >= 15 is 0 Å². The van der Waals surface area contributed by atoms with Crippen LogP contribution in [-0.2, 0) is 6.42 Å². The monoisotopic (exact) mass is 468 g/mol. The summed E-state index contributed by atoms with van der Waals surface area (Å²) in [6.07, 6.45) is 15.1. The summed E-state index contributed by atoms with van der Waals surface area (Å²) in [7, 11) is 0. The van der Waals surface area contributed by atoms with Gasteiger partial charge in [0, 0.05) is 0 Å². The molecule has 1 fully saturated rings. The zero-order chi connectivity index (χ0) is 24.2. The SMILES string of the molecule is CCCCCC1CCC(CCCOc2ccc(C(=O)Oc3ccc(CCC)cc3F)cc2)CC1. The van der Waals surface area contributed by atoms with Crippen molar-refractivity contribution in [3.8, 4) is 11.5 Å². The lowest BCUT2D eigenvalue weighted by molar-refractivity contribution is 0.0727. The highest BCUT2D eigenvalue weighted by Crippen LogP contribution is 2.34. The van der Waals surface area contributed by atoms with E-state index in [1.807, 2.05) is 6.92 Å². The van der Waals surface area contributed by atoms with Crippen molar-refractivity contribution in [2.45, 2.75) is 90.9 Å². The highest BCUT2D eigenvalue weighted by molar-refractivity contribution is 5.91. The second-order valence-corrected chi connectivity index (χ2v) is 9.80. The minimum atomic E-state index is -0.570. The first-order chi connectivity index (χ1) is 16.6. The molecule has 0 amide bonds. The third-order valence-electron chi connectivity index (χ3n) is 7.04. The predicted molar refractivity (Wildman–Crippen MR) is 136 cm³/mol. The highest BCUT2D eigenvalue weighted by Gasteiger charge is 2.20. The Morgan fingerprint density at radius 1 is 0.882 bits per heavy atom. The maximum Gasteiger partial charge on any atom is 0.343 e. The molecule has 0 saturated heterocycles. The van der Waals surface area contributed by atoms with Gasteiger partial charge in [-0.15, -0.1) is 0 Å². The van der Waals surface area contributed by atoms with E-state index in [0.29, 0.717) is 12.2 Å². The topological polar surface area (TPSA) is 35.5 Å². The number of hydrogen-bond acceptors (Lipinski definition) is 3. The van der Waals surface area contributed by atoms with E-state index in [1.165, 1.54) is 69.9 Å². The molecule has 1 aliphatic carbocycles. The average molecular weight is 469 g/mol. The normalized spacial score (nSPS) is 18.0. The molecule has 3 rings (SSSR count). The molecule has 3 nitrogen and oxygen atoms in total. The van der Waals surface area contributed by atoms with Crippen molar-refractivity contribution < 1.29 is 18.7 Å². The Labute approximate surface area is 205 Å². The van der Waals surface area contributed by atoms with Crippen molar-refractivity contribution >= 4 is 5.97 Å². The van der Waals surface area contributed by atoms with Gasteiger partial charge in [0.25, 0.3) is 0 Å². The van der Waals surface area contributed by atoms with Crippen molar-refractivity contribution in [2.75, 3.05) is 6.61 Å². The first kappa shape index (κ1) is 26.2. The summed E-state index contributed by atoms with van der Waals surface area (Å²) < 4.78 is 25.3. The van der Waals surface area contributed by atoms with Gasteiger partial charge in [-0.2, -0.15) is 0 Å². The lowest BCUT2D eigenvalue weighted by Crippen LogP contribution is -2.15. The molecule has 0 aliphatic heterocycles. The number of carbonyl (C=O) groups is 1. The standard InChI is InChI=1S/C30H41FO3/c1-3-5-6-9-23-11-13-24(14-12-23)10-7-21-33-27-18-16-26(17-19-27)30(32)34-29-20-15-25(8-4-2)22-28(29)31/h15-20,22-24H,3-14,21H2,1-2H3. The Balaban J connectivity index is 1.35. The van der Waals surface area contributed by atoms with Crippen LogP contribution < -0.4 is 9.47 Å². The number of carbonyl (C=O) groups excluding carboxylic acids is 1. The summed E-state index contributed by atoms with van der Waals surface area (Å²) in [6, 6.07) is 11.6. The van der Waals surface area contributed by atoms with Gasteiger partial charge in [0.05, 0.1) is 12.2 Å². The number of benzene rings is 2. The predicted octanol–water partition coefficient (Wildman–Crippen LogP) is 8.54. The average Bonchev–Trinajstić information content (AvgIpc) is 2.85. The Hall–Kier alpha value is -2.36. The first-order valence-corrected chi connectivity index (χ1v) is 13.3. The zero-order valence-corrected chi connectivity index (χ0v) is 21.0. The molecule has 0 unspecified atom stereocenters. The maximum atomic E-state index is 14.2. The third-order valence-corrected chi connectivity index (χ3v) is 7.04. The number of rotatable bonds is 13. The fourth-order valence-electron chi connectivity index (χ4n) is 4.97. The summed E-state index contributed by atoms with van der Waals surface area (Å²) in [5.74, 6) is 1.43. The summed E-state index contributed by atoms with van der Waals surface area (Å²) in [5, 5.41) is 0. The van der Waals surface area contributed by atoms with Gasteiger partial charge in [-0.1, -0.05) is 77.7 Å². The molecule has 2 aromatic rings. The van der Waals surface area contributed by atoms with Crippen molar-refractivity contribution in [1.82, 2.24) is 0 Å². The fourth-order valence-corrected chi connectivity index (χ4v) is 4.97. The van der Waals surface area contributed by atoms with Crippen LogP contribution in [0.25, 0.3) is 0 Å². The van der Waals surface area contributed by atoms with Gasteiger partial charge in [0.1, 0.15) is 5.75 Å². The number of aryl methyl sites for hydroxylation is 1. The number of unbranched alkanes of at least 4 members (excludes halogenated alkanes) is 2. The lowest BCUT2D eigenvalue weighted by Gasteiger charge is -2.28. The molecular formula is C30H41FO3. The van der Waals surface area contributed by atoms with E-state index in [2.05, 4.69) is 6.92 Å². The van der Waals surface area contributed by atoms with E-state index in [0.717, 1.165) is 42.4 Å². The molecule has 186 valence electrons. The van der Waals surface area contributed by atoms with Crippen molar-refractivity contribution in [3.63, 3.8) is 0 Å². The minimum absolute atomic E-state index is 0.0415. The van der Waals surface area contributed by atoms with Crippen LogP contribution in [-0.4, -0.2) is 12.6 Å². The number of halogens is 1. The molecule has 0 heterocycles. The Morgan fingerprint density at radius 2 is 1.56 bits per heavy atom. The summed E-state index contributed by atoms with van der Waals surface area (Å²) in [6.45, 7) is 5.01. The molecule has 0 spiro atoms. The lowest BCUT2D eigenvalue weighted by atomic mass is 9.78. The van der Waals surface area contributed by atoms with E-state index in [1.54, 1.807) is 30.3 Å². The quantitative estimate of drug-likeness (QED) is 0.168. The molecule has 0 N–H and O–H groups in total. The second-order valence-electron chi connectivity index (χ2n) is 9.80. The van der Waals surface area contributed by atoms with E-state index in [4.69, 9.17) is 9.47 Å². The number of ether oxygens (including phenoxy) is 2. The van der Waals surface area contributed by atoms with Crippen molar-refractivity contribution in [2.24, 2.45) is 11.8 Å². The van der Waals surface area contributed by atoms with Crippen molar-refractivity contribution in [1.29, 1.82) is 0 Å². The molecular weight excluding hydrogens is 427 g/mol. The van der Waals surface area contributed by atoms with Crippen LogP contribution >= 0.6 is 0 Å². The van der Waals surface area contributed by atoms with Crippen molar-refractivity contribution in [3.05, 3.63) is 59.4 Å². The van der Waals surface area contributed by atoms with E-state index < -0.39 is 11.8 Å². The first-order valence-electron chi connectivity index (χ1n) is 13.3. The molecule has 2 aromatic carbocycles. The Bertz CT molecular complexity index is 869. The van der Waals surface area contributed by atoms with Gasteiger partial charge in [-0.05, 0) is 73.1 Å². The molecule has 0 radical (unpaired) electrons. The molecule has 34 heavy (non-hydrogen) atoms. The summed E-state index contributed by atoms with van der Waals surface area (Å²) in [5.41, 5.74) is 1.27. The van der Waals surface area contributed by atoms with Gasteiger partial charge in [0.2, 0.25) is 0 Å².